The summed E-state index contributed by atoms with van der Waals surface area (Å²) < 4.78 is 11.2. The first-order chi connectivity index (χ1) is 11.8. The molecule has 2 amide bonds. The van der Waals surface area contributed by atoms with E-state index in [9.17, 15) is 9.59 Å². The lowest BCUT2D eigenvalue weighted by atomic mass is 10.1. The van der Waals surface area contributed by atoms with Gasteiger partial charge in [0.25, 0.3) is 11.8 Å². The van der Waals surface area contributed by atoms with Gasteiger partial charge in [0.2, 0.25) is 0 Å². The largest absolute Gasteiger partial charge is 0.498 e. The molecule has 128 valence electrons. The zero-order valence-electron chi connectivity index (χ0n) is 13.8. The minimum atomic E-state index is -0.230. The highest BCUT2D eigenvalue weighted by molar-refractivity contribution is 6.21. The van der Waals surface area contributed by atoms with Crippen LogP contribution in [0.5, 0.6) is 0 Å². The van der Waals surface area contributed by atoms with Crippen LogP contribution >= 0.6 is 0 Å². The van der Waals surface area contributed by atoms with E-state index in [0.29, 0.717) is 37.5 Å². The molecule has 3 rings (SSSR count). The van der Waals surface area contributed by atoms with E-state index in [4.69, 9.17) is 9.47 Å². The van der Waals surface area contributed by atoms with Crippen molar-refractivity contribution in [2.75, 3.05) is 26.4 Å². The van der Waals surface area contributed by atoms with Crippen LogP contribution in [0.3, 0.4) is 0 Å². The zero-order chi connectivity index (χ0) is 16.8. The van der Waals surface area contributed by atoms with Gasteiger partial charge in [0.15, 0.2) is 0 Å². The number of hydrogen-bond donors (Lipinski definition) is 0. The van der Waals surface area contributed by atoms with Gasteiger partial charge in [0.1, 0.15) is 0 Å². The van der Waals surface area contributed by atoms with Crippen LogP contribution in [-0.2, 0) is 9.47 Å². The number of hydrogen-bond acceptors (Lipinski definition) is 4. The smallest absolute Gasteiger partial charge is 0.261 e. The van der Waals surface area contributed by atoms with Crippen LogP contribution in [0.25, 0.3) is 0 Å². The first kappa shape index (κ1) is 16.7. The molecule has 0 fully saturated rings. The third-order valence-corrected chi connectivity index (χ3v) is 4.31. The highest BCUT2D eigenvalue weighted by Crippen LogP contribution is 2.22. The van der Waals surface area contributed by atoms with Crippen molar-refractivity contribution >= 4 is 11.8 Å². The Bertz CT molecular complexity index is 603. The molecular formula is C19H23NO4. The molecule has 24 heavy (non-hydrogen) atoms. The van der Waals surface area contributed by atoms with Gasteiger partial charge in [-0.05, 0) is 37.5 Å². The molecule has 1 aliphatic carbocycles. The number of carbonyl (C=O) groups is 2. The van der Waals surface area contributed by atoms with Crippen molar-refractivity contribution in [1.29, 1.82) is 0 Å². The summed E-state index contributed by atoms with van der Waals surface area (Å²) in [5, 5.41) is 0. The lowest BCUT2D eigenvalue weighted by Gasteiger charge is -2.15. The maximum atomic E-state index is 12.2. The Morgan fingerprint density at radius 1 is 0.958 bits per heavy atom. The van der Waals surface area contributed by atoms with Crippen LogP contribution in [0.2, 0.25) is 0 Å². The Hall–Kier alpha value is -2.14. The second kappa shape index (κ2) is 8.11. The predicted molar refractivity (Wildman–Crippen MR) is 89.7 cm³/mol. The summed E-state index contributed by atoms with van der Waals surface area (Å²) >= 11 is 0. The maximum absolute atomic E-state index is 12.2. The van der Waals surface area contributed by atoms with Gasteiger partial charge in [-0.25, -0.2) is 0 Å². The number of allylic oxidation sites excluding steroid dienone is 2. The summed E-state index contributed by atoms with van der Waals surface area (Å²) in [5.41, 5.74) is 0.966. The molecule has 1 heterocycles. The van der Waals surface area contributed by atoms with Crippen molar-refractivity contribution in [3.8, 4) is 0 Å². The highest BCUT2D eigenvalue weighted by Gasteiger charge is 2.34. The fraction of sp³-hybridized carbons (Fsp3) is 0.474. The molecule has 5 heteroatoms. The van der Waals surface area contributed by atoms with Crippen LogP contribution in [-0.4, -0.2) is 43.1 Å². The Balaban J connectivity index is 1.32. The van der Waals surface area contributed by atoms with Crippen molar-refractivity contribution in [1.82, 2.24) is 4.90 Å². The average molecular weight is 329 g/mol. The summed E-state index contributed by atoms with van der Waals surface area (Å²) in [5.74, 6) is 0.644. The lowest BCUT2D eigenvalue weighted by Crippen LogP contribution is -2.33. The van der Waals surface area contributed by atoms with Gasteiger partial charge < -0.3 is 9.47 Å². The number of carbonyl (C=O) groups excluding carboxylic acids is 2. The third kappa shape index (κ3) is 3.85. The summed E-state index contributed by atoms with van der Waals surface area (Å²) in [4.78, 5) is 25.6. The Kier molecular flexibility index (Phi) is 5.64. The summed E-state index contributed by atoms with van der Waals surface area (Å²) in [6.07, 6.45) is 7.61. The van der Waals surface area contributed by atoms with Crippen molar-refractivity contribution < 1.29 is 19.1 Å². The van der Waals surface area contributed by atoms with E-state index in [-0.39, 0.29) is 11.8 Å². The van der Waals surface area contributed by atoms with E-state index in [1.54, 1.807) is 24.3 Å². The van der Waals surface area contributed by atoms with Crippen LogP contribution < -0.4 is 0 Å². The number of nitrogens with zero attached hydrogens (tertiary/aromatic N) is 1. The summed E-state index contributed by atoms with van der Waals surface area (Å²) in [6.45, 7) is 1.86. The fourth-order valence-electron chi connectivity index (χ4n) is 3.00. The van der Waals surface area contributed by atoms with E-state index in [1.807, 2.05) is 0 Å². The molecule has 0 atom stereocenters. The molecule has 1 aromatic carbocycles. The van der Waals surface area contributed by atoms with Crippen LogP contribution in [0.4, 0.5) is 0 Å². The van der Waals surface area contributed by atoms with E-state index in [2.05, 4.69) is 6.08 Å². The quantitative estimate of drug-likeness (QED) is 0.543. The number of rotatable bonds is 8. The fourth-order valence-corrected chi connectivity index (χ4v) is 3.00. The SMILES string of the molecule is O=C1c2ccccc2C(=O)N1CCOCCCOC1=CCCCC1. The second-order valence-corrected chi connectivity index (χ2v) is 6.04. The molecule has 0 bridgehead atoms. The van der Waals surface area contributed by atoms with Gasteiger partial charge in [-0.3, -0.25) is 14.5 Å². The third-order valence-electron chi connectivity index (χ3n) is 4.31. The molecule has 1 aromatic rings. The standard InChI is InChI=1S/C19H23NO4/c21-18-16-9-4-5-10-17(16)19(22)20(18)11-14-23-12-6-13-24-15-7-2-1-3-8-15/h4-5,7,9-10H,1-3,6,8,11-14H2. The monoisotopic (exact) mass is 329 g/mol. The van der Waals surface area contributed by atoms with Crippen molar-refractivity contribution in [2.24, 2.45) is 0 Å². The summed E-state index contributed by atoms with van der Waals surface area (Å²) in [7, 11) is 0. The second-order valence-electron chi connectivity index (χ2n) is 6.04. The molecule has 0 radical (unpaired) electrons. The molecule has 0 saturated heterocycles. The van der Waals surface area contributed by atoms with Crippen molar-refractivity contribution in [3.63, 3.8) is 0 Å². The number of imide groups is 1. The van der Waals surface area contributed by atoms with E-state index in [0.717, 1.165) is 25.0 Å². The minimum Gasteiger partial charge on any atom is -0.498 e. The Labute approximate surface area is 142 Å². The molecular weight excluding hydrogens is 306 g/mol. The first-order valence-electron chi connectivity index (χ1n) is 8.62. The molecule has 1 aliphatic heterocycles. The number of benzene rings is 1. The van der Waals surface area contributed by atoms with Crippen LogP contribution in [0, 0.1) is 0 Å². The molecule has 0 N–H and O–H groups in total. The van der Waals surface area contributed by atoms with Gasteiger partial charge >= 0.3 is 0 Å². The molecule has 2 aliphatic rings. The minimum absolute atomic E-state index is 0.230. The number of fused-ring (bicyclic) bond motifs is 1. The van der Waals surface area contributed by atoms with Crippen LogP contribution in [0.15, 0.2) is 36.1 Å². The van der Waals surface area contributed by atoms with Gasteiger partial charge in [0, 0.05) is 19.4 Å². The molecule has 0 aromatic heterocycles. The van der Waals surface area contributed by atoms with Crippen LogP contribution in [0.1, 0.15) is 52.8 Å². The summed E-state index contributed by atoms with van der Waals surface area (Å²) in [6, 6.07) is 6.92. The van der Waals surface area contributed by atoms with Gasteiger partial charge in [-0.15, -0.1) is 0 Å². The topological polar surface area (TPSA) is 55.8 Å². The van der Waals surface area contributed by atoms with Gasteiger partial charge in [-0.2, -0.15) is 0 Å². The Morgan fingerprint density at radius 3 is 2.38 bits per heavy atom. The Morgan fingerprint density at radius 2 is 1.71 bits per heavy atom. The highest BCUT2D eigenvalue weighted by atomic mass is 16.5. The van der Waals surface area contributed by atoms with E-state index >= 15 is 0 Å². The number of ether oxygens (including phenoxy) is 2. The average Bonchev–Trinajstić information content (AvgIpc) is 2.87. The number of amides is 2. The molecule has 0 spiro atoms. The van der Waals surface area contributed by atoms with E-state index in [1.165, 1.54) is 17.7 Å². The first-order valence-corrected chi connectivity index (χ1v) is 8.62. The van der Waals surface area contributed by atoms with E-state index < -0.39 is 0 Å². The lowest BCUT2D eigenvalue weighted by molar-refractivity contribution is 0.0538. The van der Waals surface area contributed by atoms with Gasteiger partial charge in [0.05, 0.1) is 36.6 Å². The molecule has 0 saturated carbocycles. The maximum Gasteiger partial charge on any atom is 0.261 e. The van der Waals surface area contributed by atoms with Gasteiger partial charge in [-0.1, -0.05) is 12.1 Å². The predicted octanol–water partition coefficient (Wildman–Crippen LogP) is 3.16. The van der Waals surface area contributed by atoms with Crippen molar-refractivity contribution in [2.45, 2.75) is 32.1 Å². The normalized spacial score (nSPS) is 17.0. The molecule has 0 unspecified atom stereocenters. The molecule has 5 nitrogen and oxygen atoms in total. The zero-order valence-corrected chi connectivity index (χ0v) is 13.8. The van der Waals surface area contributed by atoms with Crippen molar-refractivity contribution in [3.05, 3.63) is 47.2 Å².